The molecule has 2 rings (SSSR count). The van der Waals surface area contributed by atoms with Gasteiger partial charge in [-0.3, -0.25) is 0 Å². The molecule has 21 heavy (non-hydrogen) atoms. The zero-order valence-electron chi connectivity index (χ0n) is 13.3. The summed E-state index contributed by atoms with van der Waals surface area (Å²) in [6, 6.07) is 2.22. The van der Waals surface area contributed by atoms with Gasteiger partial charge in [-0.25, -0.2) is 13.1 Å². The molecule has 1 aliphatic rings. The number of sulfonamides is 1. The molecular formula is C15H26N2O2S2. The number of nitrogens with one attached hydrogen (secondary N) is 2. The van der Waals surface area contributed by atoms with Crippen molar-refractivity contribution in [1.29, 1.82) is 0 Å². The quantitative estimate of drug-likeness (QED) is 0.842. The molecule has 0 amide bonds. The highest BCUT2D eigenvalue weighted by Crippen LogP contribution is 2.38. The number of thiophene rings is 1. The van der Waals surface area contributed by atoms with Crippen LogP contribution in [0.3, 0.4) is 0 Å². The Morgan fingerprint density at radius 3 is 2.71 bits per heavy atom. The number of hydrogen-bond acceptors (Lipinski definition) is 4. The second-order valence-corrected chi connectivity index (χ2v) is 9.55. The highest BCUT2D eigenvalue weighted by atomic mass is 32.2. The summed E-state index contributed by atoms with van der Waals surface area (Å²) in [5.41, 5.74) is 0.0467. The fourth-order valence-corrected chi connectivity index (χ4v) is 5.37. The normalized spacial score (nSPS) is 22.0. The first-order valence-electron chi connectivity index (χ1n) is 7.54. The van der Waals surface area contributed by atoms with Crippen molar-refractivity contribution in [2.45, 2.75) is 70.5 Å². The van der Waals surface area contributed by atoms with Gasteiger partial charge in [-0.2, -0.15) is 0 Å². The first kappa shape index (κ1) is 16.9. The lowest BCUT2D eigenvalue weighted by atomic mass is 9.88. The summed E-state index contributed by atoms with van der Waals surface area (Å²) in [5, 5.41) is 5.05. The lowest BCUT2D eigenvalue weighted by Crippen LogP contribution is -2.41. The highest BCUT2D eigenvalue weighted by molar-refractivity contribution is 7.89. The second kappa shape index (κ2) is 6.36. The first-order valence-corrected chi connectivity index (χ1v) is 9.90. The van der Waals surface area contributed by atoms with Crippen molar-refractivity contribution in [2.75, 3.05) is 0 Å². The molecule has 4 nitrogen and oxygen atoms in total. The Labute approximate surface area is 132 Å². The second-order valence-electron chi connectivity index (χ2n) is 6.84. The van der Waals surface area contributed by atoms with Crippen LogP contribution in [0.25, 0.3) is 0 Å². The third kappa shape index (κ3) is 4.28. The molecular weight excluding hydrogens is 304 g/mol. The van der Waals surface area contributed by atoms with E-state index in [1.807, 2.05) is 0 Å². The van der Waals surface area contributed by atoms with E-state index in [1.54, 1.807) is 11.4 Å². The van der Waals surface area contributed by atoms with Crippen molar-refractivity contribution < 1.29 is 8.42 Å². The molecule has 1 aliphatic carbocycles. The van der Waals surface area contributed by atoms with E-state index in [-0.39, 0.29) is 11.5 Å². The van der Waals surface area contributed by atoms with E-state index in [4.69, 9.17) is 0 Å². The summed E-state index contributed by atoms with van der Waals surface area (Å²) in [7, 11) is -3.40. The van der Waals surface area contributed by atoms with E-state index in [1.165, 1.54) is 11.3 Å². The molecule has 120 valence electrons. The van der Waals surface area contributed by atoms with Crippen LogP contribution in [0.4, 0.5) is 0 Å². The molecule has 1 aromatic heterocycles. The monoisotopic (exact) mass is 330 g/mol. The van der Waals surface area contributed by atoms with Crippen LogP contribution >= 0.6 is 11.3 Å². The molecule has 0 aromatic carbocycles. The number of rotatable bonds is 6. The SMILES string of the molecule is CC(C)NCc1cc(S(=O)(=O)NC2CCCC2(C)C)cs1. The average molecular weight is 331 g/mol. The summed E-state index contributed by atoms with van der Waals surface area (Å²) in [6.07, 6.45) is 3.10. The van der Waals surface area contributed by atoms with Gasteiger partial charge in [-0.1, -0.05) is 34.1 Å². The van der Waals surface area contributed by atoms with E-state index in [0.717, 1.165) is 24.1 Å². The van der Waals surface area contributed by atoms with Gasteiger partial charge in [0, 0.05) is 28.9 Å². The highest BCUT2D eigenvalue weighted by Gasteiger charge is 2.37. The Kier molecular flexibility index (Phi) is 5.13. The molecule has 1 unspecified atom stereocenters. The van der Waals surface area contributed by atoms with Crippen molar-refractivity contribution in [3.8, 4) is 0 Å². The Morgan fingerprint density at radius 2 is 2.14 bits per heavy atom. The summed E-state index contributed by atoms with van der Waals surface area (Å²) in [6.45, 7) is 9.15. The lowest BCUT2D eigenvalue weighted by molar-refractivity contribution is 0.313. The van der Waals surface area contributed by atoms with E-state index >= 15 is 0 Å². The van der Waals surface area contributed by atoms with Gasteiger partial charge in [0.2, 0.25) is 10.0 Å². The van der Waals surface area contributed by atoms with Crippen molar-refractivity contribution in [2.24, 2.45) is 5.41 Å². The van der Waals surface area contributed by atoms with Crippen molar-refractivity contribution in [1.82, 2.24) is 10.0 Å². The van der Waals surface area contributed by atoms with Crippen molar-refractivity contribution >= 4 is 21.4 Å². The van der Waals surface area contributed by atoms with Crippen LogP contribution in [0.2, 0.25) is 0 Å². The molecule has 1 aromatic rings. The Bertz CT molecular complexity index is 576. The fourth-order valence-electron chi connectivity index (χ4n) is 2.70. The van der Waals surface area contributed by atoms with Crippen LogP contribution in [-0.2, 0) is 16.6 Å². The van der Waals surface area contributed by atoms with E-state index < -0.39 is 10.0 Å². The van der Waals surface area contributed by atoms with Gasteiger partial charge in [0.05, 0.1) is 4.90 Å². The minimum absolute atomic E-state index is 0.0413. The predicted octanol–water partition coefficient (Wildman–Crippen LogP) is 3.10. The van der Waals surface area contributed by atoms with Crippen LogP contribution in [0.15, 0.2) is 16.3 Å². The molecule has 0 radical (unpaired) electrons. The third-order valence-corrected chi connectivity index (χ3v) is 6.72. The molecule has 0 bridgehead atoms. The third-order valence-electron chi connectivity index (χ3n) is 4.18. The summed E-state index contributed by atoms with van der Waals surface area (Å²) >= 11 is 1.49. The molecule has 0 saturated heterocycles. The van der Waals surface area contributed by atoms with Gasteiger partial charge in [-0.05, 0) is 24.3 Å². The average Bonchev–Trinajstić information content (AvgIpc) is 2.95. The van der Waals surface area contributed by atoms with Gasteiger partial charge in [-0.15, -0.1) is 11.3 Å². The molecule has 0 aliphatic heterocycles. The molecule has 2 N–H and O–H groups in total. The Balaban J connectivity index is 2.06. The van der Waals surface area contributed by atoms with Crippen LogP contribution in [0.5, 0.6) is 0 Å². The minimum atomic E-state index is -3.40. The smallest absolute Gasteiger partial charge is 0.241 e. The maximum Gasteiger partial charge on any atom is 0.241 e. The fraction of sp³-hybridized carbons (Fsp3) is 0.733. The van der Waals surface area contributed by atoms with Gasteiger partial charge in [0.25, 0.3) is 0 Å². The topological polar surface area (TPSA) is 58.2 Å². The summed E-state index contributed by atoms with van der Waals surface area (Å²) < 4.78 is 27.9. The molecule has 1 heterocycles. The Hall–Kier alpha value is -0.430. The molecule has 1 saturated carbocycles. The lowest BCUT2D eigenvalue weighted by Gasteiger charge is -2.27. The van der Waals surface area contributed by atoms with Crippen LogP contribution < -0.4 is 10.0 Å². The molecule has 6 heteroatoms. The van der Waals surface area contributed by atoms with Crippen molar-refractivity contribution in [3.05, 3.63) is 16.3 Å². The first-order chi connectivity index (χ1) is 9.71. The summed E-state index contributed by atoms with van der Waals surface area (Å²) in [5.74, 6) is 0. The van der Waals surface area contributed by atoms with E-state index in [0.29, 0.717) is 17.5 Å². The predicted molar refractivity (Wildman–Crippen MR) is 88.0 cm³/mol. The van der Waals surface area contributed by atoms with Gasteiger partial charge in [0.15, 0.2) is 0 Å². The van der Waals surface area contributed by atoms with Gasteiger partial charge < -0.3 is 5.32 Å². The maximum absolute atomic E-state index is 12.5. The number of hydrogen-bond donors (Lipinski definition) is 2. The molecule has 0 spiro atoms. The molecule has 1 fully saturated rings. The zero-order valence-corrected chi connectivity index (χ0v) is 14.9. The minimum Gasteiger partial charge on any atom is -0.310 e. The zero-order chi connectivity index (χ0) is 15.7. The van der Waals surface area contributed by atoms with Crippen LogP contribution in [-0.4, -0.2) is 20.5 Å². The van der Waals surface area contributed by atoms with Crippen LogP contribution in [0, 0.1) is 5.41 Å². The molecule has 1 atom stereocenters. The van der Waals surface area contributed by atoms with Gasteiger partial charge >= 0.3 is 0 Å². The van der Waals surface area contributed by atoms with E-state index in [9.17, 15) is 8.42 Å². The van der Waals surface area contributed by atoms with Crippen LogP contribution in [0.1, 0.15) is 51.8 Å². The largest absolute Gasteiger partial charge is 0.310 e. The van der Waals surface area contributed by atoms with Crippen molar-refractivity contribution in [3.63, 3.8) is 0 Å². The standard InChI is InChI=1S/C15H26N2O2S2/c1-11(2)16-9-12-8-13(10-20-12)21(18,19)17-14-6-5-7-15(14,3)4/h8,10-11,14,16-17H,5-7,9H2,1-4H3. The summed E-state index contributed by atoms with van der Waals surface area (Å²) in [4.78, 5) is 1.45. The Morgan fingerprint density at radius 1 is 1.43 bits per heavy atom. The maximum atomic E-state index is 12.5. The van der Waals surface area contributed by atoms with Gasteiger partial charge in [0.1, 0.15) is 0 Å². The van der Waals surface area contributed by atoms with E-state index in [2.05, 4.69) is 37.7 Å².